The van der Waals surface area contributed by atoms with Crippen molar-refractivity contribution >= 4 is 23.3 Å². The van der Waals surface area contributed by atoms with Gasteiger partial charge < -0.3 is 10.7 Å². The third-order valence-corrected chi connectivity index (χ3v) is 2.31. The number of aromatic amines is 1. The molecule has 2 nitrogen and oxygen atoms in total. The third kappa shape index (κ3) is 1.91. The van der Waals surface area contributed by atoms with Crippen LogP contribution in [-0.4, -0.2) is 4.98 Å². The molecule has 0 bridgehead atoms. The summed E-state index contributed by atoms with van der Waals surface area (Å²) < 4.78 is 0. The Balaban J connectivity index is 0.000000980. The van der Waals surface area contributed by atoms with Crippen LogP contribution >= 0.6 is 12.4 Å². The van der Waals surface area contributed by atoms with E-state index in [-0.39, 0.29) is 18.4 Å². The molecule has 2 aromatic rings. The highest BCUT2D eigenvalue weighted by Gasteiger charge is 2.01. The first-order valence-electron chi connectivity index (χ1n) is 4.51. The average molecular weight is 211 g/mol. The van der Waals surface area contributed by atoms with Gasteiger partial charge in [-0.15, -0.1) is 12.4 Å². The van der Waals surface area contributed by atoms with Crippen molar-refractivity contribution in [3.05, 3.63) is 35.5 Å². The van der Waals surface area contributed by atoms with Crippen molar-refractivity contribution < 1.29 is 0 Å². The highest BCUT2D eigenvalue weighted by molar-refractivity contribution is 5.85. The predicted molar refractivity (Wildman–Crippen MR) is 62.9 cm³/mol. The fraction of sp³-hybridized carbons (Fsp3) is 0.273. The summed E-state index contributed by atoms with van der Waals surface area (Å²) in [6, 6.07) is 8.55. The first-order chi connectivity index (χ1) is 6.16. The van der Waals surface area contributed by atoms with Gasteiger partial charge in [-0.05, 0) is 43.0 Å². The zero-order chi connectivity index (χ0) is 9.42. The molecule has 3 N–H and O–H groups in total. The van der Waals surface area contributed by atoms with Crippen LogP contribution in [0, 0.1) is 6.92 Å². The molecule has 0 fully saturated rings. The maximum absolute atomic E-state index is 5.80. The summed E-state index contributed by atoms with van der Waals surface area (Å²) in [6.07, 6.45) is 0. The second-order valence-corrected chi connectivity index (χ2v) is 3.59. The quantitative estimate of drug-likeness (QED) is 0.747. The van der Waals surface area contributed by atoms with Crippen LogP contribution in [0.1, 0.15) is 24.2 Å². The summed E-state index contributed by atoms with van der Waals surface area (Å²) >= 11 is 0. The highest BCUT2D eigenvalue weighted by Crippen LogP contribution is 2.19. The normalized spacial score (nSPS) is 12.5. The largest absolute Gasteiger partial charge is 0.359 e. The Morgan fingerprint density at radius 2 is 2.00 bits per heavy atom. The Hall–Kier alpha value is -0.990. The number of aromatic nitrogens is 1. The number of nitrogens with two attached hydrogens (primary N) is 1. The van der Waals surface area contributed by atoms with Crippen LogP contribution in [0.15, 0.2) is 24.3 Å². The number of fused-ring (bicyclic) bond motifs is 1. The minimum Gasteiger partial charge on any atom is -0.359 e. The molecular weight excluding hydrogens is 196 g/mol. The van der Waals surface area contributed by atoms with Gasteiger partial charge in [-0.25, -0.2) is 0 Å². The molecule has 0 unspecified atom stereocenters. The van der Waals surface area contributed by atoms with Gasteiger partial charge in [0.05, 0.1) is 0 Å². The first-order valence-corrected chi connectivity index (χ1v) is 4.51. The molecule has 0 aliphatic heterocycles. The van der Waals surface area contributed by atoms with E-state index in [1.54, 1.807) is 0 Å². The predicted octanol–water partition coefficient (Wildman–Crippen LogP) is 2.92. The Kier molecular flexibility index (Phi) is 3.19. The lowest BCUT2D eigenvalue weighted by atomic mass is 10.1. The topological polar surface area (TPSA) is 41.8 Å². The van der Waals surface area contributed by atoms with Gasteiger partial charge in [-0.1, -0.05) is 6.07 Å². The van der Waals surface area contributed by atoms with Gasteiger partial charge in [0.25, 0.3) is 0 Å². The monoisotopic (exact) mass is 210 g/mol. The van der Waals surface area contributed by atoms with Crippen LogP contribution < -0.4 is 5.73 Å². The lowest BCUT2D eigenvalue weighted by Crippen LogP contribution is -2.04. The number of nitrogens with one attached hydrogen (secondary N) is 1. The van der Waals surface area contributed by atoms with Crippen molar-refractivity contribution in [1.82, 2.24) is 4.98 Å². The number of benzene rings is 1. The molecular formula is C11H15ClN2. The molecule has 3 heteroatoms. The lowest BCUT2D eigenvalue weighted by Gasteiger charge is -2.04. The van der Waals surface area contributed by atoms with Gasteiger partial charge in [0.2, 0.25) is 0 Å². The molecule has 0 aliphatic carbocycles. The number of aryl methyl sites for hydroxylation is 1. The summed E-state index contributed by atoms with van der Waals surface area (Å²) in [5, 5.41) is 1.24. The molecule has 1 aromatic carbocycles. The van der Waals surface area contributed by atoms with Crippen molar-refractivity contribution in [2.24, 2.45) is 5.73 Å². The highest BCUT2D eigenvalue weighted by atomic mass is 35.5. The minimum absolute atomic E-state index is 0. The Labute approximate surface area is 89.9 Å². The van der Waals surface area contributed by atoms with Crippen molar-refractivity contribution in [3.63, 3.8) is 0 Å². The Morgan fingerprint density at radius 1 is 1.29 bits per heavy atom. The fourth-order valence-corrected chi connectivity index (χ4v) is 1.58. The van der Waals surface area contributed by atoms with Crippen LogP contribution in [0.4, 0.5) is 0 Å². The van der Waals surface area contributed by atoms with E-state index < -0.39 is 0 Å². The second kappa shape index (κ2) is 4.03. The van der Waals surface area contributed by atoms with Crippen LogP contribution in [0.5, 0.6) is 0 Å². The van der Waals surface area contributed by atoms with Gasteiger partial charge >= 0.3 is 0 Å². The van der Waals surface area contributed by atoms with Gasteiger partial charge in [0, 0.05) is 17.3 Å². The van der Waals surface area contributed by atoms with E-state index in [0.29, 0.717) is 0 Å². The van der Waals surface area contributed by atoms with Crippen molar-refractivity contribution in [3.8, 4) is 0 Å². The smallest absolute Gasteiger partial charge is 0.0456 e. The van der Waals surface area contributed by atoms with E-state index >= 15 is 0 Å². The van der Waals surface area contributed by atoms with E-state index in [1.807, 2.05) is 6.92 Å². The minimum atomic E-state index is 0. The maximum Gasteiger partial charge on any atom is 0.0456 e. The Morgan fingerprint density at radius 3 is 2.64 bits per heavy atom. The molecule has 1 atom stereocenters. The van der Waals surface area contributed by atoms with Crippen LogP contribution in [-0.2, 0) is 0 Å². The third-order valence-electron chi connectivity index (χ3n) is 2.31. The van der Waals surface area contributed by atoms with Crippen LogP contribution in [0.25, 0.3) is 10.9 Å². The zero-order valence-electron chi connectivity index (χ0n) is 8.37. The summed E-state index contributed by atoms with van der Waals surface area (Å²) in [7, 11) is 0. The van der Waals surface area contributed by atoms with Gasteiger partial charge in [0.1, 0.15) is 0 Å². The number of rotatable bonds is 1. The summed E-state index contributed by atoms with van der Waals surface area (Å²) in [6.45, 7) is 4.06. The summed E-state index contributed by atoms with van der Waals surface area (Å²) in [4.78, 5) is 3.28. The molecule has 1 aromatic heterocycles. The second-order valence-electron chi connectivity index (χ2n) is 3.59. The van der Waals surface area contributed by atoms with E-state index in [9.17, 15) is 0 Å². The average Bonchev–Trinajstić information content (AvgIpc) is 2.42. The van der Waals surface area contributed by atoms with Crippen LogP contribution in [0.3, 0.4) is 0 Å². The molecule has 0 amide bonds. The molecule has 14 heavy (non-hydrogen) atoms. The SMILES string of the molecule is Cc1cc2cc([C@@H](C)N)ccc2[nH]1.Cl. The maximum atomic E-state index is 5.80. The van der Waals surface area contributed by atoms with E-state index in [1.165, 1.54) is 22.2 Å². The number of halogens is 1. The van der Waals surface area contributed by atoms with Gasteiger partial charge in [0.15, 0.2) is 0 Å². The van der Waals surface area contributed by atoms with Crippen molar-refractivity contribution in [2.75, 3.05) is 0 Å². The van der Waals surface area contributed by atoms with Gasteiger partial charge in [-0.3, -0.25) is 0 Å². The molecule has 0 saturated carbocycles. The summed E-state index contributed by atoms with van der Waals surface area (Å²) in [5.41, 5.74) is 9.36. The van der Waals surface area contributed by atoms with E-state index in [4.69, 9.17) is 5.73 Å². The summed E-state index contributed by atoms with van der Waals surface area (Å²) in [5.74, 6) is 0. The number of H-pyrrole nitrogens is 1. The first kappa shape index (κ1) is 11.1. The molecule has 2 rings (SSSR count). The van der Waals surface area contributed by atoms with Crippen LogP contribution in [0.2, 0.25) is 0 Å². The molecule has 1 heterocycles. The molecule has 0 saturated heterocycles. The molecule has 0 spiro atoms. The number of hydrogen-bond donors (Lipinski definition) is 2. The van der Waals surface area contributed by atoms with Crippen molar-refractivity contribution in [1.29, 1.82) is 0 Å². The lowest BCUT2D eigenvalue weighted by molar-refractivity contribution is 0.820. The van der Waals surface area contributed by atoms with E-state index in [0.717, 1.165) is 0 Å². The fourth-order valence-electron chi connectivity index (χ4n) is 1.58. The number of hydrogen-bond acceptors (Lipinski definition) is 1. The Bertz CT molecular complexity index is 432. The zero-order valence-corrected chi connectivity index (χ0v) is 9.19. The van der Waals surface area contributed by atoms with Crippen molar-refractivity contribution in [2.45, 2.75) is 19.9 Å². The van der Waals surface area contributed by atoms with Gasteiger partial charge in [-0.2, -0.15) is 0 Å². The van der Waals surface area contributed by atoms with E-state index in [2.05, 4.69) is 36.2 Å². The molecule has 0 radical (unpaired) electrons. The standard InChI is InChI=1S/C11H14N2.ClH/c1-7-5-10-6-9(8(2)12)3-4-11(10)13-7;/h3-6,8,13H,12H2,1-2H3;1H/t8-;/m1./s1. The molecule has 0 aliphatic rings. The molecule has 76 valence electrons.